The highest BCUT2D eigenvalue weighted by Crippen LogP contribution is 2.27. The number of aromatic nitrogens is 1. The van der Waals surface area contributed by atoms with Gasteiger partial charge in [-0.05, 0) is 54.7 Å². The molecule has 0 bridgehead atoms. The molecule has 1 heterocycles. The van der Waals surface area contributed by atoms with Crippen molar-refractivity contribution in [2.75, 3.05) is 11.9 Å². The van der Waals surface area contributed by atoms with E-state index in [-0.39, 0.29) is 18.9 Å². The van der Waals surface area contributed by atoms with E-state index in [4.69, 9.17) is 5.73 Å². The van der Waals surface area contributed by atoms with Gasteiger partial charge in [0.1, 0.15) is 5.69 Å². The number of hydrogen-bond acceptors (Lipinski definition) is 2. The molecule has 4 nitrogen and oxygen atoms in total. The van der Waals surface area contributed by atoms with Crippen LogP contribution in [-0.4, -0.2) is 17.5 Å². The quantitative estimate of drug-likeness (QED) is 0.656. The first-order valence-corrected chi connectivity index (χ1v) is 8.14. The lowest BCUT2D eigenvalue weighted by Gasteiger charge is -2.08. The van der Waals surface area contributed by atoms with E-state index < -0.39 is 11.9 Å². The van der Waals surface area contributed by atoms with E-state index in [0.717, 1.165) is 24.6 Å². The van der Waals surface area contributed by atoms with Gasteiger partial charge in [-0.3, -0.25) is 4.99 Å². The van der Waals surface area contributed by atoms with Crippen LogP contribution in [0, 0.1) is 0 Å². The molecule has 0 spiro atoms. The third kappa shape index (κ3) is 4.49. The van der Waals surface area contributed by atoms with Crippen molar-refractivity contribution in [1.82, 2.24) is 4.98 Å². The molecule has 3 N–H and O–H groups in total. The van der Waals surface area contributed by atoms with E-state index in [9.17, 15) is 13.2 Å². The lowest BCUT2D eigenvalue weighted by molar-refractivity contribution is -0.141. The van der Waals surface area contributed by atoms with Gasteiger partial charge in [0.15, 0.2) is 5.96 Å². The van der Waals surface area contributed by atoms with E-state index in [0.29, 0.717) is 5.69 Å². The summed E-state index contributed by atoms with van der Waals surface area (Å²) in [4.78, 5) is 7.77. The fourth-order valence-electron chi connectivity index (χ4n) is 2.90. The summed E-state index contributed by atoms with van der Waals surface area (Å²) in [7, 11) is 0. The van der Waals surface area contributed by atoms with Gasteiger partial charge in [0, 0.05) is 24.3 Å². The summed E-state index contributed by atoms with van der Waals surface area (Å²) in [6, 6.07) is 9.97. The maximum absolute atomic E-state index is 12.6. The van der Waals surface area contributed by atoms with Gasteiger partial charge in [0.25, 0.3) is 0 Å². The van der Waals surface area contributed by atoms with Crippen molar-refractivity contribution < 1.29 is 13.2 Å². The van der Waals surface area contributed by atoms with Crippen LogP contribution in [0.5, 0.6) is 0 Å². The van der Waals surface area contributed by atoms with Crippen LogP contribution < -0.4 is 11.1 Å². The van der Waals surface area contributed by atoms with E-state index in [2.05, 4.69) is 27.4 Å². The molecule has 0 saturated carbocycles. The lowest BCUT2D eigenvalue weighted by Crippen LogP contribution is -2.23. The molecule has 3 rings (SSSR count). The third-order valence-electron chi connectivity index (χ3n) is 4.12. The fraction of sp³-hybridized carbons (Fsp3) is 0.333. The Balaban J connectivity index is 1.57. The Labute approximate surface area is 144 Å². The first kappa shape index (κ1) is 17.3. The van der Waals surface area contributed by atoms with Crippen molar-refractivity contribution >= 4 is 11.6 Å². The van der Waals surface area contributed by atoms with E-state index in [1.54, 1.807) is 6.07 Å². The highest BCUT2D eigenvalue weighted by molar-refractivity contribution is 5.92. The molecule has 0 fully saturated rings. The molecule has 1 aliphatic carbocycles. The second-order valence-corrected chi connectivity index (χ2v) is 5.99. The fourth-order valence-corrected chi connectivity index (χ4v) is 2.90. The van der Waals surface area contributed by atoms with E-state index in [1.807, 2.05) is 6.07 Å². The topological polar surface area (TPSA) is 63.3 Å². The summed E-state index contributed by atoms with van der Waals surface area (Å²) in [5.41, 5.74) is 8.87. The molecule has 25 heavy (non-hydrogen) atoms. The Kier molecular flexibility index (Phi) is 4.92. The SMILES string of the molecule is NC(=NCCc1cccc(C(F)(F)F)n1)Nc1ccc2c(c1)CCC2. The second kappa shape index (κ2) is 7.13. The summed E-state index contributed by atoms with van der Waals surface area (Å²) >= 11 is 0. The molecule has 1 aromatic heterocycles. The highest BCUT2D eigenvalue weighted by atomic mass is 19.4. The number of alkyl halides is 3. The Morgan fingerprint density at radius 2 is 1.96 bits per heavy atom. The summed E-state index contributed by atoms with van der Waals surface area (Å²) in [5, 5.41) is 3.02. The molecular weight excluding hydrogens is 329 g/mol. The van der Waals surface area contributed by atoms with Crippen molar-refractivity contribution in [2.45, 2.75) is 31.9 Å². The number of fused-ring (bicyclic) bond motifs is 1. The van der Waals surface area contributed by atoms with Gasteiger partial charge in [-0.25, -0.2) is 4.98 Å². The number of aryl methyl sites for hydroxylation is 2. The van der Waals surface area contributed by atoms with Crippen LogP contribution >= 0.6 is 0 Å². The highest BCUT2D eigenvalue weighted by Gasteiger charge is 2.32. The molecule has 1 aromatic carbocycles. The molecule has 0 atom stereocenters. The molecule has 132 valence electrons. The molecule has 2 aromatic rings. The van der Waals surface area contributed by atoms with Crippen molar-refractivity contribution in [3.63, 3.8) is 0 Å². The maximum Gasteiger partial charge on any atom is 0.433 e. The predicted molar refractivity (Wildman–Crippen MR) is 91.5 cm³/mol. The van der Waals surface area contributed by atoms with E-state index in [1.165, 1.54) is 23.6 Å². The van der Waals surface area contributed by atoms with Gasteiger partial charge in [0.05, 0.1) is 0 Å². The largest absolute Gasteiger partial charge is 0.433 e. The zero-order valence-corrected chi connectivity index (χ0v) is 13.6. The molecular formula is C18H19F3N4. The number of nitrogens with one attached hydrogen (secondary N) is 1. The number of aliphatic imine (C=N–C) groups is 1. The van der Waals surface area contributed by atoms with Gasteiger partial charge in [-0.15, -0.1) is 0 Å². The average Bonchev–Trinajstić information content (AvgIpc) is 3.02. The van der Waals surface area contributed by atoms with Gasteiger partial charge in [-0.1, -0.05) is 12.1 Å². The van der Waals surface area contributed by atoms with Crippen LogP contribution in [0.15, 0.2) is 41.4 Å². The normalized spacial score (nSPS) is 14.4. The molecule has 0 unspecified atom stereocenters. The molecule has 0 saturated heterocycles. The van der Waals surface area contributed by atoms with Crippen molar-refractivity contribution in [3.8, 4) is 0 Å². The second-order valence-electron chi connectivity index (χ2n) is 5.99. The Bertz CT molecular complexity index is 784. The van der Waals surface area contributed by atoms with Gasteiger partial charge in [0.2, 0.25) is 0 Å². The molecule has 7 heteroatoms. The maximum atomic E-state index is 12.6. The standard InChI is InChI=1S/C18H19F3N4/c19-18(20,21)16-6-2-5-14(24-16)9-10-23-17(22)25-15-8-7-12-3-1-4-13(12)11-15/h2,5-8,11H,1,3-4,9-10H2,(H3,22,23,25). The summed E-state index contributed by atoms with van der Waals surface area (Å²) in [5.74, 6) is 0.241. The molecule has 1 aliphatic rings. The minimum absolute atomic E-state index is 0.241. The lowest BCUT2D eigenvalue weighted by atomic mass is 10.1. The number of anilines is 1. The number of guanidine groups is 1. The molecule has 0 radical (unpaired) electrons. The minimum atomic E-state index is -4.44. The number of nitrogens with two attached hydrogens (primary N) is 1. The van der Waals surface area contributed by atoms with Crippen molar-refractivity contribution in [3.05, 3.63) is 58.9 Å². The Morgan fingerprint density at radius 1 is 1.16 bits per heavy atom. The predicted octanol–water partition coefficient (Wildman–Crippen LogP) is 3.56. The van der Waals surface area contributed by atoms with E-state index >= 15 is 0 Å². The van der Waals surface area contributed by atoms with Gasteiger partial charge in [-0.2, -0.15) is 13.2 Å². The zero-order chi connectivity index (χ0) is 17.9. The first-order valence-electron chi connectivity index (χ1n) is 8.14. The summed E-state index contributed by atoms with van der Waals surface area (Å²) in [6.45, 7) is 0.262. The number of benzene rings is 1. The Hall–Kier alpha value is -2.57. The van der Waals surface area contributed by atoms with Crippen LogP contribution in [0.4, 0.5) is 18.9 Å². The minimum Gasteiger partial charge on any atom is -0.370 e. The Morgan fingerprint density at radius 3 is 2.76 bits per heavy atom. The zero-order valence-electron chi connectivity index (χ0n) is 13.6. The van der Waals surface area contributed by atoms with Crippen molar-refractivity contribution in [2.24, 2.45) is 10.7 Å². The summed E-state index contributed by atoms with van der Waals surface area (Å²) in [6.07, 6.45) is -0.789. The number of pyridine rings is 1. The number of rotatable bonds is 4. The molecule has 0 amide bonds. The van der Waals surface area contributed by atoms with Crippen LogP contribution in [-0.2, 0) is 25.4 Å². The monoisotopic (exact) mass is 348 g/mol. The third-order valence-corrected chi connectivity index (χ3v) is 4.12. The number of halogens is 3. The average molecular weight is 348 g/mol. The number of hydrogen-bond donors (Lipinski definition) is 2. The van der Waals surface area contributed by atoms with Crippen LogP contribution in [0.2, 0.25) is 0 Å². The smallest absolute Gasteiger partial charge is 0.370 e. The first-order chi connectivity index (χ1) is 11.9. The van der Waals surface area contributed by atoms with Gasteiger partial charge >= 0.3 is 6.18 Å². The van der Waals surface area contributed by atoms with Crippen LogP contribution in [0.1, 0.15) is 28.9 Å². The van der Waals surface area contributed by atoms with Gasteiger partial charge < -0.3 is 11.1 Å². The van der Waals surface area contributed by atoms with Crippen LogP contribution in [0.3, 0.4) is 0 Å². The van der Waals surface area contributed by atoms with Crippen LogP contribution in [0.25, 0.3) is 0 Å². The molecule has 0 aliphatic heterocycles. The van der Waals surface area contributed by atoms with Crippen molar-refractivity contribution in [1.29, 1.82) is 0 Å². The number of nitrogens with zero attached hydrogens (tertiary/aromatic N) is 2. The summed E-state index contributed by atoms with van der Waals surface area (Å²) < 4.78 is 37.9.